The molecule has 3 rings (SSSR count). The smallest absolute Gasteiger partial charge is 0.257 e. The third-order valence-electron chi connectivity index (χ3n) is 4.20. The molecule has 8 nitrogen and oxygen atoms in total. The maximum Gasteiger partial charge on any atom is 0.257 e. The largest absolute Gasteiger partial charge is 0.368 e. The van der Waals surface area contributed by atoms with Crippen LogP contribution >= 0.6 is 0 Å². The highest BCUT2D eigenvalue weighted by Crippen LogP contribution is 2.23. The van der Waals surface area contributed by atoms with Crippen LogP contribution in [0.5, 0.6) is 0 Å². The van der Waals surface area contributed by atoms with E-state index in [0.717, 1.165) is 24.2 Å². The van der Waals surface area contributed by atoms with E-state index in [1.807, 2.05) is 30.0 Å². The number of morpholine rings is 1. The molecule has 0 saturated carbocycles. The average Bonchev–Trinajstić information content (AvgIpc) is 3.10. The predicted molar refractivity (Wildman–Crippen MR) is 93.5 cm³/mol. The Morgan fingerprint density at radius 3 is 3.08 bits per heavy atom. The normalized spacial score (nSPS) is 17.6. The van der Waals surface area contributed by atoms with Crippen molar-refractivity contribution in [2.45, 2.75) is 25.9 Å². The SMILES string of the molecule is CCCc1[nH]ncc1C(=O)N1CCO[C@@H](c2ccnc(N(C)C)n2)C1. The lowest BCUT2D eigenvalue weighted by Gasteiger charge is -2.32. The number of carbonyl (C=O) groups is 1. The summed E-state index contributed by atoms with van der Waals surface area (Å²) in [7, 11) is 3.79. The highest BCUT2D eigenvalue weighted by Gasteiger charge is 2.29. The number of anilines is 1. The van der Waals surface area contributed by atoms with E-state index >= 15 is 0 Å². The molecule has 0 aromatic carbocycles. The van der Waals surface area contributed by atoms with Crippen LogP contribution in [0, 0.1) is 0 Å². The number of aromatic nitrogens is 4. The lowest BCUT2D eigenvalue weighted by atomic mass is 10.1. The third kappa shape index (κ3) is 3.79. The number of aryl methyl sites for hydroxylation is 1. The Hall–Kier alpha value is -2.48. The topological polar surface area (TPSA) is 87.2 Å². The van der Waals surface area contributed by atoms with Crippen LogP contribution in [0.2, 0.25) is 0 Å². The van der Waals surface area contributed by atoms with Gasteiger partial charge in [-0.1, -0.05) is 13.3 Å². The van der Waals surface area contributed by atoms with Crippen molar-refractivity contribution in [2.24, 2.45) is 0 Å². The molecular weight excluding hydrogens is 320 g/mol. The molecule has 0 unspecified atom stereocenters. The van der Waals surface area contributed by atoms with Gasteiger partial charge in [-0.3, -0.25) is 9.89 Å². The van der Waals surface area contributed by atoms with E-state index in [4.69, 9.17) is 4.74 Å². The number of H-pyrrole nitrogens is 1. The van der Waals surface area contributed by atoms with E-state index in [1.54, 1.807) is 12.4 Å². The van der Waals surface area contributed by atoms with Crippen LogP contribution < -0.4 is 4.90 Å². The van der Waals surface area contributed by atoms with E-state index in [9.17, 15) is 4.79 Å². The number of ether oxygens (including phenoxy) is 1. The lowest BCUT2D eigenvalue weighted by Crippen LogP contribution is -2.42. The van der Waals surface area contributed by atoms with Gasteiger partial charge in [0.2, 0.25) is 5.95 Å². The van der Waals surface area contributed by atoms with Crippen molar-refractivity contribution in [3.05, 3.63) is 35.4 Å². The number of rotatable bonds is 5. The summed E-state index contributed by atoms with van der Waals surface area (Å²) in [5.41, 5.74) is 2.34. The summed E-state index contributed by atoms with van der Waals surface area (Å²) in [5, 5.41) is 6.97. The quantitative estimate of drug-likeness (QED) is 0.883. The Morgan fingerprint density at radius 2 is 2.32 bits per heavy atom. The summed E-state index contributed by atoms with van der Waals surface area (Å²) < 4.78 is 5.85. The number of nitrogens with one attached hydrogen (secondary N) is 1. The van der Waals surface area contributed by atoms with E-state index < -0.39 is 0 Å². The monoisotopic (exact) mass is 344 g/mol. The highest BCUT2D eigenvalue weighted by molar-refractivity contribution is 5.95. The van der Waals surface area contributed by atoms with Gasteiger partial charge >= 0.3 is 0 Å². The number of hydrogen-bond acceptors (Lipinski definition) is 6. The van der Waals surface area contributed by atoms with Crippen LogP contribution in [0.3, 0.4) is 0 Å². The lowest BCUT2D eigenvalue weighted by molar-refractivity contribution is -0.0247. The highest BCUT2D eigenvalue weighted by atomic mass is 16.5. The molecule has 1 aliphatic heterocycles. The first-order chi connectivity index (χ1) is 12.1. The zero-order valence-corrected chi connectivity index (χ0v) is 14.9. The Kier molecular flexibility index (Phi) is 5.28. The second-order valence-corrected chi connectivity index (χ2v) is 6.30. The second kappa shape index (κ2) is 7.60. The molecule has 1 saturated heterocycles. The van der Waals surface area contributed by atoms with Crippen molar-refractivity contribution < 1.29 is 9.53 Å². The summed E-state index contributed by atoms with van der Waals surface area (Å²) in [4.78, 5) is 25.3. The van der Waals surface area contributed by atoms with Crippen LogP contribution in [0.15, 0.2) is 18.5 Å². The van der Waals surface area contributed by atoms with Gasteiger partial charge in [0.05, 0.1) is 30.6 Å². The molecule has 1 fully saturated rings. The van der Waals surface area contributed by atoms with Gasteiger partial charge in [0.15, 0.2) is 0 Å². The molecule has 1 N–H and O–H groups in total. The number of nitrogens with zero attached hydrogens (tertiary/aromatic N) is 5. The van der Waals surface area contributed by atoms with Gasteiger partial charge in [0.1, 0.15) is 6.10 Å². The number of amides is 1. The molecule has 1 atom stereocenters. The number of carbonyl (C=O) groups excluding carboxylic acids is 1. The maximum absolute atomic E-state index is 12.9. The number of hydrogen-bond donors (Lipinski definition) is 1. The first kappa shape index (κ1) is 17.3. The van der Waals surface area contributed by atoms with Crippen LogP contribution in [-0.2, 0) is 11.2 Å². The molecule has 8 heteroatoms. The van der Waals surface area contributed by atoms with Crippen LogP contribution in [0.1, 0.15) is 41.2 Å². The fraction of sp³-hybridized carbons (Fsp3) is 0.529. The van der Waals surface area contributed by atoms with Gasteiger partial charge in [0, 0.05) is 32.5 Å². The molecule has 1 amide bonds. The van der Waals surface area contributed by atoms with Gasteiger partial charge in [-0.05, 0) is 12.5 Å². The standard InChI is InChI=1S/C17H24N6O2/c1-4-5-13-12(10-19-21-13)16(24)23-8-9-25-15(11-23)14-6-7-18-17(20-14)22(2)3/h6-7,10,15H,4-5,8-9,11H2,1-3H3,(H,19,21)/t15-/m1/s1. The van der Waals surface area contributed by atoms with E-state index in [2.05, 4.69) is 27.1 Å². The van der Waals surface area contributed by atoms with Gasteiger partial charge in [-0.25, -0.2) is 9.97 Å². The molecule has 25 heavy (non-hydrogen) atoms. The maximum atomic E-state index is 12.9. The minimum absolute atomic E-state index is 0.00705. The molecule has 3 heterocycles. The Balaban J connectivity index is 1.75. The Labute approximate surface area is 147 Å². The van der Waals surface area contributed by atoms with Crippen molar-refractivity contribution in [1.29, 1.82) is 0 Å². The molecule has 1 aliphatic rings. The van der Waals surface area contributed by atoms with Crippen molar-refractivity contribution in [2.75, 3.05) is 38.7 Å². The molecular formula is C17H24N6O2. The first-order valence-electron chi connectivity index (χ1n) is 8.53. The van der Waals surface area contributed by atoms with Crippen molar-refractivity contribution >= 4 is 11.9 Å². The summed E-state index contributed by atoms with van der Waals surface area (Å²) in [5.74, 6) is 0.622. The average molecular weight is 344 g/mol. The molecule has 134 valence electrons. The van der Waals surface area contributed by atoms with E-state index in [0.29, 0.717) is 31.2 Å². The molecule has 0 bridgehead atoms. The minimum Gasteiger partial charge on any atom is -0.368 e. The minimum atomic E-state index is -0.249. The zero-order valence-electron chi connectivity index (χ0n) is 14.9. The van der Waals surface area contributed by atoms with Crippen LogP contribution in [0.25, 0.3) is 0 Å². The first-order valence-corrected chi connectivity index (χ1v) is 8.53. The Morgan fingerprint density at radius 1 is 1.48 bits per heavy atom. The Bertz CT molecular complexity index is 729. The van der Waals surface area contributed by atoms with Gasteiger partial charge in [0.25, 0.3) is 5.91 Å². The molecule has 0 aliphatic carbocycles. The molecule has 0 radical (unpaired) electrons. The fourth-order valence-corrected chi connectivity index (χ4v) is 2.88. The molecule has 0 spiro atoms. The zero-order chi connectivity index (χ0) is 17.8. The summed E-state index contributed by atoms with van der Waals surface area (Å²) >= 11 is 0. The summed E-state index contributed by atoms with van der Waals surface area (Å²) in [6, 6.07) is 1.84. The second-order valence-electron chi connectivity index (χ2n) is 6.30. The summed E-state index contributed by atoms with van der Waals surface area (Å²) in [6.45, 7) is 3.60. The van der Waals surface area contributed by atoms with Crippen LogP contribution in [-0.4, -0.2) is 64.8 Å². The molecule has 2 aromatic heterocycles. The van der Waals surface area contributed by atoms with Crippen LogP contribution in [0.4, 0.5) is 5.95 Å². The molecule has 2 aromatic rings. The van der Waals surface area contributed by atoms with Gasteiger partial charge in [-0.15, -0.1) is 0 Å². The van der Waals surface area contributed by atoms with Crippen molar-refractivity contribution in [3.8, 4) is 0 Å². The van der Waals surface area contributed by atoms with E-state index in [-0.39, 0.29) is 12.0 Å². The fourth-order valence-electron chi connectivity index (χ4n) is 2.88. The summed E-state index contributed by atoms with van der Waals surface area (Å²) in [6.07, 6.45) is 4.86. The van der Waals surface area contributed by atoms with Gasteiger partial charge in [-0.2, -0.15) is 5.10 Å². The van der Waals surface area contributed by atoms with Crippen molar-refractivity contribution in [1.82, 2.24) is 25.1 Å². The third-order valence-corrected chi connectivity index (χ3v) is 4.20. The van der Waals surface area contributed by atoms with E-state index in [1.165, 1.54) is 0 Å². The van der Waals surface area contributed by atoms with Gasteiger partial charge < -0.3 is 14.5 Å². The number of aromatic amines is 1. The predicted octanol–water partition coefficient (Wildman–Crippen LogP) is 1.43. The van der Waals surface area contributed by atoms with Crippen molar-refractivity contribution in [3.63, 3.8) is 0 Å².